The number of pyridine rings is 1. The van der Waals surface area contributed by atoms with E-state index in [1.54, 1.807) is 0 Å². The van der Waals surface area contributed by atoms with Gasteiger partial charge in [0.2, 0.25) is 0 Å². The van der Waals surface area contributed by atoms with Crippen molar-refractivity contribution in [2.75, 3.05) is 13.1 Å². The number of benzene rings is 1. The third kappa shape index (κ3) is 1.95. The summed E-state index contributed by atoms with van der Waals surface area (Å²) in [7, 11) is 0. The highest BCUT2D eigenvalue weighted by Gasteiger charge is 2.20. The van der Waals surface area contributed by atoms with Gasteiger partial charge in [0.15, 0.2) is 0 Å². The van der Waals surface area contributed by atoms with Crippen LogP contribution in [0.1, 0.15) is 16.1 Å². The van der Waals surface area contributed by atoms with Gasteiger partial charge in [0.25, 0.3) is 5.91 Å². The molecule has 2 N–H and O–H groups in total. The fourth-order valence-electron chi connectivity index (χ4n) is 2.15. The van der Waals surface area contributed by atoms with Gasteiger partial charge in [0, 0.05) is 24.2 Å². The van der Waals surface area contributed by atoms with Gasteiger partial charge in [-0.1, -0.05) is 18.2 Å². The number of amides is 1. The third-order valence-corrected chi connectivity index (χ3v) is 3.21. The Bertz CT molecular complexity index is 605. The Balaban J connectivity index is 2.01. The van der Waals surface area contributed by atoms with Crippen molar-refractivity contribution >= 4 is 16.8 Å². The van der Waals surface area contributed by atoms with Gasteiger partial charge in [0.05, 0.1) is 17.1 Å². The van der Waals surface area contributed by atoms with Crippen LogP contribution in [0.2, 0.25) is 0 Å². The van der Waals surface area contributed by atoms with Crippen LogP contribution in [0.25, 0.3) is 10.9 Å². The number of hydrogen-bond donors (Lipinski definition) is 2. The predicted octanol–water partition coefficient (Wildman–Crippen LogP) is 1.24. The van der Waals surface area contributed by atoms with Crippen molar-refractivity contribution in [1.29, 1.82) is 0 Å². The number of nitrogens with one attached hydrogen (secondary N) is 2. The lowest BCUT2D eigenvalue weighted by molar-refractivity contribution is 0.0925. The smallest absolute Gasteiger partial charge is 0.252 e. The molecule has 0 unspecified atom stereocenters. The third-order valence-electron chi connectivity index (χ3n) is 3.21. The lowest BCUT2D eigenvalue weighted by atomic mass is 10.1. The predicted molar refractivity (Wildman–Crippen MR) is 70.6 cm³/mol. The highest BCUT2D eigenvalue weighted by molar-refractivity contribution is 6.06. The molecule has 1 aromatic carbocycles. The van der Waals surface area contributed by atoms with E-state index in [0.29, 0.717) is 5.56 Å². The summed E-state index contributed by atoms with van der Waals surface area (Å²) in [4.78, 5) is 16.7. The van der Waals surface area contributed by atoms with Gasteiger partial charge < -0.3 is 10.6 Å². The van der Waals surface area contributed by atoms with Crippen molar-refractivity contribution in [3.63, 3.8) is 0 Å². The van der Waals surface area contributed by atoms with Crippen molar-refractivity contribution in [2.45, 2.75) is 13.0 Å². The second-order valence-electron chi connectivity index (χ2n) is 4.66. The summed E-state index contributed by atoms with van der Waals surface area (Å²) in [6.07, 6.45) is 0. The van der Waals surface area contributed by atoms with Crippen LogP contribution in [0.15, 0.2) is 30.3 Å². The fourth-order valence-corrected chi connectivity index (χ4v) is 2.15. The maximum atomic E-state index is 12.2. The minimum absolute atomic E-state index is 0.0109. The van der Waals surface area contributed by atoms with Gasteiger partial charge in [-0.15, -0.1) is 0 Å². The summed E-state index contributed by atoms with van der Waals surface area (Å²) in [5.41, 5.74) is 2.45. The lowest BCUT2D eigenvalue weighted by Crippen LogP contribution is -2.56. The molecule has 1 aliphatic heterocycles. The molecule has 4 nitrogen and oxygen atoms in total. The molecule has 0 bridgehead atoms. The van der Waals surface area contributed by atoms with Crippen LogP contribution >= 0.6 is 0 Å². The van der Waals surface area contributed by atoms with Crippen LogP contribution < -0.4 is 10.6 Å². The van der Waals surface area contributed by atoms with E-state index in [0.717, 1.165) is 29.7 Å². The maximum absolute atomic E-state index is 12.2. The summed E-state index contributed by atoms with van der Waals surface area (Å²) in [6.45, 7) is 3.62. The molecule has 1 saturated heterocycles. The van der Waals surface area contributed by atoms with Gasteiger partial charge in [-0.25, -0.2) is 0 Å². The van der Waals surface area contributed by atoms with Crippen molar-refractivity contribution in [1.82, 2.24) is 15.6 Å². The van der Waals surface area contributed by atoms with E-state index in [4.69, 9.17) is 0 Å². The first-order valence-electron chi connectivity index (χ1n) is 6.12. The van der Waals surface area contributed by atoms with E-state index < -0.39 is 0 Å². The van der Waals surface area contributed by atoms with Crippen LogP contribution in [0.5, 0.6) is 0 Å². The van der Waals surface area contributed by atoms with Crippen LogP contribution in [-0.2, 0) is 0 Å². The number of para-hydroxylation sites is 1. The first-order valence-corrected chi connectivity index (χ1v) is 6.12. The zero-order chi connectivity index (χ0) is 12.5. The van der Waals surface area contributed by atoms with Crippen LogP contribution in [-0.4, -0.2) is 30.0 Å². The number of aromatic nitrogens is 1. The molecule has 1 fully saturated rings. The lowest BCUT2D eigenvalue weighted by Gasteiger charge is -2.28. The van der Waals surface area contributed by atoms with Crippen LogP contribution in [0.4, 0.5) is 0 Å². The zero-order valence-electron chi connectivity index (χ0n) is 10.2. The molecule has 0 saturated carbocycles. The molecule has 0 spiro atoms. The Hall–Kier alpha value is -1.94. The summed E-state index contributed by atoms with van der Waals surface area (Å²) in [5, 5.41) is 7.07. The van der Waals surface area contributed by atoms with Crippen LogP contribution in [0, 0.1) is 6.92 Å². The monoisotopic (exact) mass is 241 g/mol. The molecule has 2 aromatic rings. The Kier molecular flexibility index (Phi) is 2.72. The van der Waals surface area contributed by atoms with Gasteiger partial charge in [-0.05, 0) is 19.1 Å². The topological polar surface area (TPSA) is 54.0 Å². The molecule has 1 amide bonds. The average molecular weight is 241 g/mol. The molecule has 1 aromatic heterocycles. The summed E-state index contributed by atoms with van der Waals surface area (Å²) in [6, 6.07) is 9.85. The SMILES string of the molecule is Cc1cc(C(=O)NC2CNC2)c2ccccc2n1. The first-order chi connectivity index (χ1) is 8.74. The molecular weight excluding hydrogens is 226 g/mol. The number of carbonyl (C=O) groups excluding carboxylic acids is 1. The molecule has 18 heavy (non-hydrogen) atoms. The zero-order valence-corrected chi connectivity index (χ0v) is 10.2. The molecular formula is C14H15N3O. The summed E-state index contributed by atoms with van der Waals surface area (Å²) < 4.78 is 0. The van der Waals surface area contributed by atoms with E-state index in [-0.39, 0.29) is 11.9 Å². The highest BCUT2D eigenvalue weighted by Crippen LogP contribution is 2.18. The van der Waals surface area contributed by atoms with Gasteiger partial charge in [-0.3, -0.25) is 9.78 Å². The molecule has 0 atom stereocenters. The standard InChI is InChI=1S/C14H15N3O/c1-9-6-12(14(18)17-10-7-15-8-10)11-4-2-3-5-13(11)16-9/h2-6,10,15H,7-8H2,1H3,(H,17,18). The van der Waals surface area contributed by atoms with E-state index >= 15 is 0 Å². The number of rotatable bonds is 2. The number of nitrogens with zero attached hydrogens (tertiary/aromatic N) is 1. The van der Waals surface area contributed by atoms with Crippen LogP contribution in [0.3, 0.4) is 0 Å². The quantitative estimate of drug-likeness (QED) is 0.832. The Labute approximate surface area is 105 Å². The maximum Gasteiger partial charge on any atom is 0.252 e. The number of aryl methyl sites for hydroxylation is 1. The highest BCUT2D eigenvalue weighted by atomic mass is 16.1. The second kappa shape index (κ2) is 4.38. The van der Waals surface area contributed by atoms with Crippen molar-refractivity contribution in [2.24, 2.45) is 0 Å². The molecule has 3 rings (SSSR count). The van der Waals surface area contributed by atoms with Crippen molar-refractivity contribution in [3.8, 4) is 0 Å². The summed E-state index contributed by atoms with van der Waals surface area (Å²) in [5.74, 6) is -0.0109. The minimum Gasteiger partial charge on any atom is -0.347 e. The van der Waals surface area contributed by atoms with Gasteiger partial charge in [0.1, 0.15) is 0 Å². The Morgan fingerprint density at radius 3 is 2.89 bits per heavy atom. The Morgan fingerprint density at radius 1 is 1.39 bits per heavy atom. The Morgan fingerprint density at radius 2 is 2.17 bits per heavy atom. The van der Waals surface area contributed by atoms with Crippen molar-refractivity contribution < 1.29 is 4.79 Å². The largest absolute Gasteiger partial charge is 0.347 e. The molecule has 4 heteroatoms. The van der Waals surface area contributed by atoms with Gasteiger partial charge >= 0.3 is 0 Å². The first kappa shape index (κ1) is 11.2. The number of carbonyl (C=O) groups is 1. The van der Waals surface area contributed by atoms with E-state index in [2.05, 4.69) is 15.6 Å². The molecule has 2 heterocycles. The number of hydrogen-bond acceptors (Lipinski definition) is 3. The van der Waals surface area contributed by atoms with E-state index in [9.17, 15) is 4.79 Å². The molecule has 0 aliphatic carbocycles. The second-order valence-corrected chi connectivity index (χ2v) is 4.66. The molecule has 1 aliphatic rings. The fraction of sp³-hybridized carbons (Fsp3) is 0.286. The minimum atomic E-state index is -0.0109. The molecule has 92 valence electrons. The van der Waals surface area contributed by atoms with E-state index in [1.807, 2.05) is 37.3 Å². The molecule has 0 radical (unpaired) electrons. The number of fused-ring (bicyclic) bond motifs is 1. The van der Waals surface area contributed by atoms with E-state index in [1.165, 1.54) is 0 Å². The van der Waals surface area contributed by atoms with Gasteiger partial charge in [-0.2, -0.15) is 0 Å². The van der Waals surface area contributed by atoms with Crippen molar-refractivity contribution in [3.05, 3.63) is 41.6 Å². The average Bonchev–Trinajstić information content (AvgIpc) is 2.32. The normalized spacial score (nSPS) is 15.4. The summed E-state index contributed by atoms with van der Waals surface area (Å²) >= 11 is 0.